The number of hydrogen-bond acceptors (Lipinski definition) is 5. The Labute approximate surface area is 152 Å². The van der Waals surface area contributed by atoms with Crippen molar-refractivity contribution in [2.45, 2.75) is 25.2 Å². The summed E-state index contributed by atoms with van der Waals surface area (Å²) in [5.74, 6) is 2.17. The van der Waals surface area contributed by atoms with E-state index in [4.69, 9.17) is 11.1 Å². The molecule has 0 aromatic carbocycles. The molecule has 2 aromatic rings. The lowest BCUT2D eigenvalue weighted by molar-refractivity contribution is 0.380. The Bertz CT molecular complexity index is 785. The van der Waals surface area contributed by atoms with Crippen LogP contribution in [0.15, 0.2) is 35.6 Å². The Hall–Kier alpha value is -2.90. The lowest BCUT2D eigenvalue weighted by atomic mass is 10.2. The van der Waals surface area contributed by atoms with Crippen LogP contribution in [0.1, 0.15) is 30.9 Å². The third kappa shape index (κ3) is 3.84. The minimum Gasteiger partial charge on any atom is -0.387 e. The molecule has 0 bridgehead atoms. The summed E-state index contributed by atoms with van der Waals surface area (Å²) in [5, 5.41) is 15.6. The fraction of sp³-hybridized carbons (Fsp3) is 0.444. The number of aromatic amines is 1. The molecule has 26 heavy (non-hydrogen) atoms. The highest BCUT2D eigenvalue weighted by molar-refractivity contribution is 6.01. The molecule has 8 nitrogen and oxygen atoms in total. The number of nitrogens with one attached hydrogen (secondary N) is 2. The van der Waals surface area contributed by atoms with Gasteiger partial charge in [0.15, 0.2) is 5.82 Å². The topological polar surface area (TPSA) is 110 Å². The van der Waals surface area contributed by atoms with Gasteiger partial charge in [0.2, 0.25) is 0 Å². The molecule has 4 rings (SSSR count). The number of nitrogens with two attached hydrogens (primary N) is 1. The van der Waals surface area contributed by atoms with Crippen molar-refractivity contribution in [1.29, 1.82) is 5.41 Å². The van der Waals surface area contributed by atoms with Gasteiger partial charge in [0.1, 0.15) is 11.7 Å². The maximum Gasteiger partial charge on any atom is 0.175 e. The highest BCUT2D eigenvalue weighted by atomic mass is 15.3. The first-order valence-electron chi connectivity index (χ1n) is 9.05. The number of H-pyrrole nitrogens is 1. The normalized spacial score (nSPS) is 18.2. The molecule has 2 aromatic heterocycles. The molecule has 136 valence electrons. The number of amidine groups is 2. The number of rotatable bonds is 5. The van der Waals surface area contributed by atoms with Gasteiger partial charge in [-0.2, -0.15) is 5.10 Å². The molecule has 0 atom stereocenters. The van der Waals surface area contributed by atoms with Crippen molar-refractivity contribution in [3.05, 3.63) is 36.3 Å². The van der Waals surface area contributed by atoms with Crippen molar-refractivity contribution < 1.29 is 0 Å². The molecule has 2 fully saturated rings. The average Bonchev–Trinajstić information content (AvgIpc) is 3.42. The molecular weight excluding hydrogens is 328 g/mol. The smallest absolute Gasteiger partial charge is 0.175 e. The summed E-state index contributed by atoms with van der Waals surface area (Å²) in [6.45, 7) is 3.38. The minimum atomic E-state index is 0.348. The number of pyridine rings is 1. The van der Waals surface area contributed by atoms with Crippen LogP contribution in [0.2, 0.25) is 0 Å². The third-order valence-corrected chi connectivity index (χ3v) is 4.90. The lowest BCUT2D eigenvalue weighted by Crippen LogP contribution is -2.49. The van der Waals surface area contributed by atoms with Crippen molar-refractivity contribution in [2.75, 3.05) is 31.1 Å². The Balaban J connectivity index is 1.29. The van der Waals surface area contributed by atoms with Crippen LogP contribution in [-0.4, -0.2) is 57.9 Å². The predicted octanol–water partition coefficient (Wildman–Crippen LogP) is 1.86. The SMILES string of the molecule is N=C(CC(N)=Nc1cc(C2CC2)[nH]n1)N1CCN(c2ccncc2)CC1. The zero-order chi connectivity index (χ0) is 17.9. The lowest BCUT2D eigenvalue weighted by Gasteiger charge is -2.37. The summed E-state index contributed by atoms with van der Waals surface area (Å²) < 4.78 is 0. The van der Waals surface area contributed by atoms with E-state index in [9.17, 15) is 0 Å². The largest absolute Gasteiger partial charge is 0.387 e. The molecule has 0 radical (unpaired) electrons. The summed E-state index contributed by atoms with van der Waals surface area (Å²) >= 11 is 0. The molecule has 1 aliphatic heterocycles. The first kappa shape index (κ1) is 16.6. The number of anilines is 1. The quantitative estimate of drug-likeness (QED) is 0.562. The second kappa shape index (κ2) is 7.15. The van der Waals surface area contributed by atoms with Crippen LogP contribution in [0.5, 0.6) is 0 Å². The van der Waals surface area contributed by atoms with Crippen LogP contribution in [-0.2, 0) is 0 Å². The van der Waals surface area contributed by atoms with E-state index in [0.717, 1.165) is 31.9 Å². The maximum atomic E-state index is 8.34. The van der Waals surface area contributed by atoms with E-state index in [2.05, 4.69) is 30.0 Å². The van der Waals surface area contributed by atoms with Crippen molar-refractivity contribution >= 4 is 23.2 Å². The van der Waals surface area contributed by atoms with Gasteiger partial charge in [-0.3, -0.25) is 15.5 Å². The Morgan fingerprint density at radius 2 is 1.96 bits per heavy atom. The van der Waals surface area contributed by atoms with Gasteiger partial charge < -0.3 is 15.5 Å². The molecule has 8 heteroatoms. The number of nitrogens with zero attached hydrogens (tertiary/aromatic N) is 5. The van der Waals surface area contributed by atoms with E-state index in [1.807, 2.05) is 30.6 Å². The molecule has 0 spiro atoms. The molecule has 2 aliphatic rings. The van der Waals surface area contributed by atoms with E-state index >= 15 is 0 Å². The van der Waals surface area contributed by atoms with Gasteiger partial charge in [-0.25, -0.2) is 4.99 Å². The highest BCUT2D eigenvalue weighted by Crippen LogP contribution is 2.39. The summed E-state index contributed by atoms with van der Waals surface area (Å²) in [6.07, 6.45) is 6.41. The monoisotopic (exact) mass is 352 g/mol. The van der Waals surface area contributed by atoms with Crippen molar-refractivity contribution in [3.8, 4) is 0 Å². The Morgan fingerprint density at radius 1 is 1.23 bits per heavy atom. The molecular formula is C18H24N8. The van der Waals surface area contributed by atoms with Crippen LogP contribution < -0.4 is 10.6 Å². The molecule has 0 unspecified atom stereocenters. The summed E-state index contributed by atoms with van der Waals surface area (Å²) in [4.78, 5) is 12.8. The third-order valence-electron chi connectivity index (χ3n) is 4.90. The van der Waals surface area contributed by atoms with Crippen molar-refractivity contribution in [2.24, 2.45) is 10.7 Å². The standard InChI is InChI=1S/C18H24N8/c19-16(22-18-11-15(23-24-18)13-1-2-13)12-17(20)26-9-7-25(8-10-26)14-3-5-21-6-4-14/h3-6,11,13,20H,1-2,7-10,12H2,(H3,19,22,23,24). The van der Waals surface area contributed by atoms with Gasteiger partial charge in [-0.15, -0.1) is 0 Å². The zero-order valence-electron chi connectivity index (χ0n) is 14.7. The van der Waals surface area contributed by atoms with E-state index in [-0.39, 0.29) is 0 Å². The van der Waals surface area contributed by atoms with Gasteiger partial charge in [0, 0.05) is 61.9 Å². The van der Waals surface area contributed by atoms with E-state index in [0.29, 0.717) is 29.8 Å². The van der Waals surface area contributed by atoms with Gasteiger partial charge in [0.25, 0.3) is 0 Å². The summed E-state index contributed by atoms with van der Waals surface area (Å²) in [7, 11) is 0. The van der Waals surface area contributed by atoms with Gasteiger partial charge in [0.05, 0.1) is 6.42 Å². The molecule has 1 aliphatic carbocycles. The van der Waals surface area contributed by atoms with Gasteiger partial charge in [-0.1, -0.05) is 0 Å². The fourth-order valence-electron chi connectivity index (χ4n) is 3.25. The second-order valence-electron chi connectivity index (χ2n) is 6.86. The molecule has 3 heterocycles. The van der Waals surface area contributed by atoms with Crippen LogP contribution in [0, 0.1) is 5.41 Å². The van der Waals surface area contributed by atoms with Gasteiger partial charge >= 0.3 is 0 Å². The van der Waals surface area contributed by atoms with Gasteiger partial charge in [-0.05, 0) is 25.0 Å². The highest BCUT2D eigenvalue weighted by Gasteiger charge is 2.25. The first-order valence-corrected chi connectivity index (χ1v) is 9.05. The number of piperazine rings is 1. The summed E-state index contributed by atoms with van der Waals surface area (Å²) in [6, 6.07) is 6.00. The molecule has 4 N–H and O–H groups in total. The number of aromatic nitrogens is 3. The minimum absolute atomic E-state index is 0.348. The first-order chi connectivity index (χ1) is 12.7. The van der Waals surface area contributed by atoms with Crippen molar-refractivity contribution in [1.82, 2.24) is 20.1 Å². The fourth-order valence-corrected chi connectivity index (χ4v) is 3.25. The molecule has 1 saturated carbocycles. The van der Waals surface area contributed by atoms with E-state index < -0.39 is 0 Å². The Morgan fingerprint density at radius 3 is 2.65 bits per heavy atom. The summed E-state index contributed by atoms with van der Waals surface area (Å²) in [5.41, 5.74) is 8.36. The Kier molecular flexibility index (Phi) is 4.55. The number of aliphatic imine (C=N–C) groups is 1. The van der Waals surface area contributed by atoms with E-state index in [1.165, 1.54) is 18.5 Å². The zero-order valence-corrected chi connectivity index (χ0v) is 14.7. The molecule has 0 amide bonds. The maximum absolute atomic E-state index is 8.34. The second-order valence-corrected chi connectivity index (χ2v) is 6.86. The average molecular weight is 352 g/mol. The van der Waals surface area contributed by atoms with E-state index in [1.54, 1.807) is 0 Å². The van der Waals surface area contributed by atoms with Crippen LogP contribution in [0.25, 0.3) is 0 Å². The predicted molar refractivity (Wildman–Crippen MR) is 102 cm³/mol. The molecule has 1 saturated heterocycles. The van der Waals surface area contributed by atoms with Crippen LogP contribution in [0.3, 0.4) is 0 Å². The van der Waals surface area contributed by atoms with Crippen LogP contribution >= 0.6 is 0 Å². The number of hydrogen-bond donors (Lipinski definition) is 3. The van der Waals surface area contributed by atoms with Crippen LogP contribution in [0.4, 0.5) is 11.5 Å². The van der Waals surface area contributed by atoms with Crippen molar-refractivity contribution in [3.63, 3.8) is 0 Å².